The lowest BCUT2D eigenvalue weighted by Gasteiger charge is -2.32. The molecule has 0 aromatic heterocycles. The maximum absolute atomic E-state index is 11.1. The van der Waals surface area contributed by atoms with Crippen LogP contribution in [-0.2, 0) is 9.47 Å². The summed E-state index contributed by atoms with van der Waals surface area (Å²) in [5.74, 6) is 2.25. The van der Waals surface area contributed by atoms with Crippen LogP contribution in [-0.4, -0.2) is 47.4 Å². The van der Waals surface area contributed by atoms with Crippen LogP contribution in [0.1, 0.15) is 37.2 Å². The predicted molar refractivity (Wildman–Crippen MR) is 118 cm³/mol. The number of hydrogen-bond donors (Lipinski definition) is 1. The smallest absolute Gasteiger partial charge is 0.161 e. The van der Waals surface area contributed by atoms with E-state index >= 15 is 0 Å². The molecule has 2 aromatic rings. The van der Waals surface area contributed by atoms with Gasteiger partial charge in [-0.25, -0.2) is 0 Å². The van der Waals surface area contributed by atoms with Crippen LogP contribution in [0.25, 0.3) is 0 Å². The van der Waals surface area contributed by atoms with Crippen LogP contribution < -0.4 is 18.9 Å². The first kappa shape index (κ1) is 24.8. The van der Waals surface area contributed by atoms with Gasteiger partial charge in [0.1, 0.15) is 6.79 Å². The van der Waals surface area contributed by atoms with E-state index in [2.05, 4.69) is 0 Å². The third kappa shape index (κ3) is 5.81. The van der Waals surface area contributed by atoms with Gasteiger partial charge in [0.15, 0.2) is 23.0 Å². The van der Waals surface area contributed by atoms with Gasteiger partial charge in [0.25, 0.3) is 0 Å². The molecule has 2 aromatic carbocycles. The van der Waals surface area contributed by atoms with Gasteiger partial charge < -0.3 is 33.5 Å². The molecule has 7 heteroatoms. The molecule has 2 rings (SSSR count). The Hall–Kier alpha value is -2.48. The van der Waals surface area contributed by atoms with E-state index in [1.165, 1.54) is 0 Å². The van der Waals surface area contributed by atoms with Crippen molar-refractivity contribution >= 4 is 0 Å². The van der Waals surface area contributed by atoms with E-state index < -0.39 is 6.10 Å². The quantitative estimate of drug-likeness (QED) is 0.497. The van der Waals surface area contributed by atoms with Crippen molar-refractivity contribution in [3.63, 3.8) is 0 Å². The fraction of sp³-hybridized carbons (Fsp3) is 0.500. The molecule has 0 aliphatic heterocycles. The lowest BCUT2D eigenvalue weighted by atomic mass is 9.81. The lowest BCUT2D eigenvalue weighted by molar-refractivity contribution is -0.106. The molecule has 0 spiro atoms. The van der Waals surface area contributed by atoms with E-state index in [0.29, 0.717) is 23.0 Å². The average molecular weight is 435 g/mol. The summed E-state index contributed by atoms with van der Waals surface area (Å²) in [5.41, 5.74) is 1.66. The maximum Gasteiger partial charge on any atom is 0.161 e. The first-order chi connectivity index (χ1) is 14.9. The van der Waals surface area contributed by atoms with Crippen molar-refractivity contribution in [3.8, 4) is 23.0 Å². The average Bonchev–Trinajstić information content (AvgIpc) is 2.82. The first-order valence-electron chi connectivity index (χ1n) is 10.1. The Bertz CT molecular complexity index is 824. The second-order valence-corrected chi connectivity index (χ2v) is 7.39. The zero-order valence-electron chi connectivity index (χ0n) is 19.4. The second-order valence-electron chi connectivity index (χ2n) is 7.39. The highest BCUT2D eigenvalue weighted by atomic mass is 16.7. The number of ether oxygens (including phenoxy) is 6. The molecule has 0 saturated heterocycles. The molecule has 4 atom stereocenters. The minimum absolute atomic E-state index is 0.0589. The van der Waals surface area contributed by atoms with E-state index in [-0.39, 0.29) is 24.7 Å². The largest absolute Gasteiger partial charge is 0.493 e. The number of hydrogen-bond acceptors (Lipinski definition) is 7. The van der Waals surface area contributed by atoms with Crippen LogP contribution in [0.5, 0.6) is 23.0 Å². The summed E-state index contributed by atoms with van der Waals surface area (Å²) in [4.78, 5) is 0. The number of methoxy groups -OCH3 is 5. The van der Waals surface area contributed by atoms with Gasteiger partial charge in [-0.05, 0) is 47.2 Å². The third-order valence-corrected chi connectivity index (χ3v) is 5.66. The summed E-state index contributed by atoms with van der Waals surface area (Å²) in [6.07, 6.45) is -1.06. The Morgan fingerprint density at radius 3 is 1.65 bits per heavy atom. The molecular weight excluding hydrogens is 400 g/mol. The zero-order valence-corrected chi connectivity index (χ0v) is 19.4. The Kier molecular flexibility index (Phi) is 9.43. The summed E-state index contributed by atoms with van der Waals surface area (Å²) in [5, 5.41) is 11.1. The van der Waals surface area contributed by atoms with Crippen molar-refractivity contribution in [2.45, 2.75) is 26.1 Å². The molecule has 0 amide bonds. The van der Waals surface area contributed by atoms with E-state index in [4.69, 9.17) is 28.4 Å². The highest BCUT2D eigenvalue weighted by Crippen LogP contribution is 2.41. The summed E-state index contributed by atoms with van der Waals surface area (Å²) in [6.45, 7) is 4.17. The first-order valence-corrected chi connectivity index (χ1v) is 10.1. The third-order valence-electron chi connectivity index (χ3n) is 5.66. The predicted octanol–water partition coefficient (Wildman–Crippen LogP) is 4.39. The SMILES string of the molecule is COCO[C@@H](c1ccc(OC)c(OC)c1)[C@H](C)[C@@H](C)[C@H](O)c1ccc(OC)c(OC)c1. The Morgan fingerprint density at radius 2 is 1.16 bits per heavy atom. The van der Waals surface area contributed by atoms with Crippen molar-refractivity contribution in [2.75, 3.05) is 42.3 Å². The molecule has 0 saturated carbocycles. The molecule has 0 aliphatic rings. The highest BCUT2D eigenvalue weighted by molar-refractivity contribution is 5.44. The normalized spacial score (nSPS) is 15.0. The van der Waals surface area contributed by atoms with Gasteiger partial charge in [0.2, 0.25) is 0 Å². The van der Waals surface area contributed by atoms with Gasteiger partial charge in [-0.3, -0.25) is 0 Å². The molecular formula is C24H34O7. The van der Waals surface area contributed by atoms with Gasteiger partial charge in [0, 0.05) is 7.11 Å². The van der Waals surface area contributed by atoms with Crippen molar-refractivity contribution in [1.29, 1.82) is 0 Å². The van der Waals surface area contributed by atoms with Gasteiger partial charge in [-0.1, -0.05) is 26.0 Å². The van der Waals surface area contributed by atoms with Crippen molar-refractivity contribution in [3.05, 3.63) is 47.5 Å². The fourth-order valence-corrected chi connectivity index (χ4v) is 3.63. The summed E-state index contributed by atoms with van der Waals surface area (Å²) < 4.78 is 32.7. The molecule has 0 fully saturated rings. The van der Waals surface area contributed by atoms with Crippen LogP contribution in [0.2, 0.25) is 0 Å². The number of rotatable bonds is 12. The minimum Gasteiger partial charge on any atom is -0.493 e. The molecule has 0 radical (unpaired) electrons. The van der Waals surface area contributed by atoms with E-state index in [9.17, 15) is 5.11 Å². The molecule has 1 N–H and O–H groups in total. The van der Waals surface area contributed by atoms with Crippen molar-refractivity contribution < 1.29 is 33.5 Å². The van der Waals surface area contributed by atoms with Crippen LogP contribution in [0, 0.1) is 11.8 Å². The molecule has 0 unspecified atom stereocenters. The fourth-order valence-electron chi connectivity index (χ4n) is 3.63. The zero-order chi connectivity index (χ0) is 23.0. The van der Waals surface area contributed by atoms with Gasteiger partial charge in [-0.15, -0.1) is 0 Å². The van der Waals surface area contributed by atoms with Crippen LogP contribution in [0.15, 0.2) is 36.4 Å². The Labute approximate surface area is 184 Å². The molecule has 172 valence electrons. The van der Waals surface area contributed by atoms with Gasteiger partial charge >= 0.3 is 0 Å². The van der Waals surface area contributed by atoms with E-state index in [1.807, 2.05) is 38.1 Å². The van der Waals surface area contributed by atoms with Gasteiger partial charge in [-0.2, -0.15) is 0 Å². The molecule has 0 heterocycles. The highest BCUT2D eigenvalue weighted by Gasteiger charge is 2.31. The van der Waals surface area contributed by atoms with E-state index in [0.717, 1.165) is 11.1 Å². The summed E-state index contributed by atoms with van der Waals surface area (Å²) in [7, 11) is 7.93. The minimum atomic E-state index is -0.733. The number of aliphatic hydroxyl groups excluding tert-OH is 1. The topological polar surface area (TPSA) is 75.6 Å². The molecule has 0 aliphatic carbocycles. The summed E-state index contributed by atoms with van der Waals surface area (Å²) >= 11 is 0. The van der Waals surface area contributed by atoms with Crippen LogP contribution in [0.4, 0.5) is 0 Å². The van der Waals surface area contributed by atoms with Crippen molar-refractivity contribution in [2.24, 2.45) is 11.8 Å². The Morgan fingerprint density at radius 1 is 0.677 bits per heavy atom. The van der Waals surface area contributed by atoms with Crippen LogP contribution >= 0.6 is 0 Å². The van der Waals surface area contributed by atoms with Crippen molar-refractivity contribution in [1.82, 2.24) is 0 Å². The molecule has 31 heavy (non-hydrogen) atoms. The number of aliphatic hydroxyl groups is 1. The molecule has 7 nitrogen and oxygen atoms in total. The summed E-state index contributed by atoms with van der Waals surface area (Å²) in [6, 6.07) is 11.1. The number of benzene rings is 2. The Balaban J connectivity index is 2.32. The maximum atomic E-state index is 11.1. The van der Waals surface area contributed by atoms with E-state index in [1.54, 1.807) is 47.7 Å². The standard InChI is InChI=1S/C24H34O7/c1-15(23(25)17-8-10-19(27-4)21(12-17)29-6)16(2)24(31-14-26-3)18-9-11-20(28-5)22(13-18)30-7/h8-13,15-16,23-25H,14H2,1-7H3/t15-,16-,23+,24-/m1/s1. The lowest BCUT2D eigenvalue weighted by Crippen LogP contribution is -2.25. The molecule has 0 bridgehead atoms. The van der Waals surface area contributed by atoms with Gasteiger partial charge in [0.05, 0.1) is 40.6 Å². The second kappa shape index (κ2) is 11.8. The monoisotopic (exact) mass is 434 g/mol. The van der Waals surface area contributed by atoms with Crippen LogP contribution in [0.3, 0.4) is 0 Å².